The van der Waals surface area contributed by atoms with E-state index in [1.165, 1.54) is 0 Å². The molecule has 1 fully saturated rings. The Morgan fingerprint density at radius 1 is 0.970 bits per heavy atom. The topological polar surface area (TPSA) is 317 Å². The van der Waals surface area contributed by atoms with Gasteiger partial charge in [-0.2, -0.15) is 17.9 Å². The number of anilines is 1. The fourth-order valence-corrected chi connectivity index (χ4v) is 6.79. The van der Waals surface area contributed by atoms with Gasteiger partial charge >= 0.3 is 37.0 Å². The van der Waals surface area contributed by atoms with E-state index in [0.717, 1.165) is 16.8 Å². The van der Waals surface area contributed by atoms with Crippen molar-refractivity contribution in [2.24, 2.45) is 0 Å². The van der Waals surface area contributed by atoms with Crippen LogP contribution in [0.4, 0.5) is 5.82 Å². The van der Waals surface area contributed by atoms with Crippen molar-refractivity contribution in [3.05, 3.63) is 22.7 Å². The minimum absolute atomic E-state index is 0.156. The molecule has 24 heteroatoms. The number of phosphoric ester groups is 1. The maximum absolute atomic E-state index is 11.8. The fraction of sp³-hybridized carbons (Fsp3) is 0.556. The van der Waals surface area contributed by atoms with Crippen molar-refractivity contribution in [2.45, 2.75) is 24.5 Å². The highest BCUT2D eigenvalue weighted by Gasteiger charge is 2.48. The lowest BCUT2D eigenvalue weighted by atomic mass is 10.1. The van der Waals surface area contributed by atoms with Gasteiger partial charge < -0.3 is 45.2 Å². The second-order valence-electron chi connectivity index (χ2n) is 6.03. The lowest BCUT2D eigenvalue weighted by Gasteiger charge is -2.20. The third-order valence-electron chi connectivity index (χ3n) is 3.49. The van der Waals surface area contributed by atoms with Crippen molar-refractivity contribution in [2.75, 3.05) is 12.3 Å². The number of aliphatic hydroxyl groups is 2. The molecule has 1 saturated heterocycles. The number of rotatable bonds is 10. The second kappa shape index (κ2) is 10.0. The molecule has 20 nitrogen and oxygen atoms in total. The third-order valence-corrected chi connectivity index (χ3v) is 8.94. The van der Waals surface area contributed by atoms with Crippen molar-refractivity contribution >= 4 is 37.1 Å². The Morgan fingerprint density at radius 3 is 2.06 bits per heavy atom. The highest BCUT2D eigenvalue weighted by atomic mass is 31.3. The highest BCUT2D eigenvalue weighted by Crippen LogP contribution is 2.70. The average Bonchev–Trinajstić information content (AvgIpc) is 2.84. The van der Waals surface area contributed by atoms with E-state index in [1.807, 2.05) is 0 Å². The fourth-order valence-electron chi connectivity index (χ4n) is 2.33. The quantitative estimate of drug-likeness (QED) is 0.141. The lowest BCUT2D eigenvalue weighted by Crippen LogP contribution is -2.36. The van der Waals surface area contributed by atoms with Gasteiger partial charge in [-0.15, -0.1) is 0 Å². The van der Waals surface area contributed by atoms with E-state index in [1.54, 1.807) is 0 Å². The average molecular weight is 563 g/mol. The summed E-state index contributed by atoms with van der Waals surface area (Å²) in [6.07, 6.45) is -5.71. The first-order valence-electron chi connectivity index (χ1n) is 8.00. The molecule has 2 rings (SSSR count). The molecule has 1 aliphatic heterocycles. The van der Waals surface area contributed by atoms with E-state index >= 15 is 0 Å². The zero-order chi connectivity index (χ0) is 25.4. The van der Waals surface area contributed by atoms with Gasteiger partial charge in [0, 0.05) is 6.20 Å². The minimum Gasteiger partial charge on any atom is -0.387 e. The van der Waals surface area contributed by atoms with Gasteiger partial charge in [0.2, 0.25) is 0 Å². The summed E-state index contributed by atoms with van der Waals surface area (Å²) in [4.78, 5) is 59.8. The Balaban J connectivity index is 2.03. The van der Waals surface area contributed by atoms with Gasteiger partial charge in [-0.25, -0.2) is 23.1 Å². The lowest BCUT2D eigenvalue weighted by molar-refractivity contribution is -0.0541. The second-order valence-corrected chi connectivity index (χ2v) is 12.0. The number of ether oxygens (including phenoxy) is 1. The number of nitrogen functional groups attached to an aromatic ring is 1. The van der Waals surface area contributed by atoms with Gasteiger partial charge in [0.25, 0.3) is 0 Å². The van der Waals surface area contributed by atoms with Crippen molar-refractivity contribution in [3.63, 3.8) is 0 Å². The first kappa shape index (κ1) is 28.4. The van der Waals surface area contributed by atoms with Crippen molar-refractivity contribution in [1.82, 2.24) is 9.55 Å². The van der Waals surface area contributed by atoms with Crippen LogP contribution in [0.2, 0.25) is 0 Å². The van der Waals surface area contributed by atoms with Crippen LogP contribution in [0.15, 0.2) is 17.1 Å². The molecule has 0 amide bonds. The normalized spacial score (nSPS) is 29.2. The summed E-state index contributed by atoms with van der Waals surface area (Å²) in [7, 11) is -23.3. The zero-order valence-corrected chi connectivity index (χ0v) is 19.2. The number of hydrogen-bond donors (Lipinski definition) is 8. The molecular formula is C9H17N3O17P4. The maximum Gasteiger partial charge on any atom is 0.490 e. The summed E-state index contributed by atoms with van der Waals surface area (Å²) >= 11 is 0. The minimum atomic E-state index is -6.02. The van der Waals surface area contributed by atoms with Crippen LogP contribution in [0.25, 0.3) is 0 Å². The summed E-state index contributed by atoms with van der Waals surface area (Å²) in [5.41, 5.74) is 4.35. The molecule has 190 valence electrons. The molecule has 7 atom stereocenters. The summed E-state index contributed by atoms with van der Waals surface area (Å²) in [6.45, 7) is -1.12. The number of aromatic nitrogens is 2. The molecule has 0 aliphatic carbocycles. The molecular weight excluding hydrogens is 546 g/mol. The number of nitrogens with two attached hydrogens (primary N) is 1. The molecule has 0 bridgehead atoms. The smallest absolute Gasteiger partial charge is 0.387 e. The van der Waals surface area contributed by atoms with E-state index < -0.39 is 68.1 Å². The molecule has 2 heterocycles. The van der Waals surface area contributed by atoms with E-state index in [4.69, 9.17) is 25.2 Å². The van der Waals surface area contributed by atoms with Crippen molar-refractivity contribution < 1.29 is 75.1 Å². The number of phosphoric acid groups is 4. The summed E-state index contributed by atoms with van der Waals surface area (Å²) in [5.74, 6) is -0.156. The van der Waals surface area contributed by atoms with E-state index in [2.05, 4.69) is 22.4 Å². The Bertz CT molecular complexity index is 1120. The maximum atomic E-state index is 11.8. The Hall–Kier alpha value is -0.880. The first-order chi connectivity index (χ1) is 14.8. The summed E-state index contributed by atoms with van der Waals surface area (Å²) < 4.78 is 65.8. The van der Waals surface area contributed by atoms with Gasteiger partial charge in [0.15, 0.2) is 6.23 Å². The predicted octanol–water partition coefficient (Wildman–Crippen LogP) is -2.10. The van der Waals surface area contributed by atoms with Gasteiger partial charge in [-0.3, -0.25) is 9.09 Å². The zero-order valence-electron chi connectivity index (χ0n) is 15.6. The van der Waals surface area contributed by atoms with E-state index in [9.17, 15) is 43.1 Å². The third kappa shape index (κ3) is 8.38. The Kier molecular flexibility index (Phi) is 8.60. The molecule has 7 unspecified atom stereocenters. The SMILES string of the molecule is Nc1ccn(C2OC(COP(=O)(O)OP(=O)(O)OP(=O)(O)OP(=O)(O)O)C(O)C2O)c(=O)n1. The van der Waals surface area contributed by atoms with Crippen LogP contribution in [-0.2, 0) is 40.5 Å². The van der Waals surface area contributed by atoms with Crippen LogP contribution in [0.3, 0.4) is 0 Å². The van der Waals surface area contributed by atoms with Gasteiger partial charge in [0.1, 0.15) is 24.1 Å². The Morgan fingerprint density at radius 2 is 1.52 bits per heavy atom. The van der Waals surface area contributed by atoms with E-state index in [0.29, 0.717) is 0 Å². The first-order valence-corrected chi connectivity index (χ1v) is 14.0. The van der Waals surface area contributed by atoms with Crippen LogP contribution in [0, 0.1) is 0 Å². The molecule has 33 heavy (non-hydrogen) atoms. The molecule has 0 radical (unpaired) electrons. The Labute approximate surface area is 182 Å². The highest BCUT2D eigenvalue weighted by molar-refractivity contribution is 7.69. The van der Waals surface area contributed by atoms with Gasteiger partial charge in [-0.05, 0) is 6.07 Å². The van der Waals surface area contributed by atoms with Crippen LogP contribution in [0.5, 0.6) is 0 Å². The van der Waals surface area contributed by atoms with Crippen LogP contribution in [0.1, 0.15) is 6.23 Å². The number of nitrogens with zero attached hydrogens (tertiary/aromatic N) is 2. The molecule has 0 aromatic carbocycles. The van der Waals surface area contributed by atoms with E-state index in [-0.39, 0.29) is 5.82 Å². The standard InChI is InChI=1S/C9H17N3O17P4/c10-5-1-2-12(9(15)11-5)8-7(14)6(13)4(26-8)3-25-31(19,20)28-33(23,24)29-32(21,22)27-30(16,17)18/h1-2,4,6-8,13-14H,3H2,(H,19,20)(H,21,22)(H,23,24)(H2,10,11,15)(H2,16,17,18). The number of hydrogen-bond acceptors (Lipinski definition) is 14. The number of aliphatic hydroxyl groups excluding tert-OH is 2. The van der Waals surface area contributed by atoms with Gasteiger partial charge in [-0.1, -0.05) is 0 Å². The molecule has 1 aliphatic rings. The van der Waals surface area contributed by atoms with Crippen LogP contribution >= 0.6 is 31.3 Å². The van der Waals surface area contributed by atoms with Gasteiger partial charge in [0.05, 0.1) is 6.61 Å². The predicted molar refractivity (Wildman–Crippen MR) is 99.6 cm³/mol. The molecule has 1 aromatic rings. The molecule has 1 aromatic heterocycles. The molecule has 0 spiro atoms. The summed E-state index contributed by atoms with van der Waals surface area (Å²) in [6, 6.07) is 1.16. The molecule has 0 saturated carbocycles. The van der Waals surface area contributed by atoms with Crippen molar-refractivity contribution in [1.29, 1.82) is 0 Å². The summed E-state index contributed by atoms with van der Waals surface area (Å²) in [5, 5.41) is 20.1. The van der Waals surface area contributed by atoms with Crippen molar-refractivity contribution in [3.8, 4) is 0 Å². The van der Waals surface area contributed by atoms with Crippen LogP contribution < -0.4 is 11.4 Å². The largest absolute Gasteiger partial charge is 0.490 e. The molecule has 9 N–H and O–H groups in total. The van der Waals surface area contributed by atoms with Crippen LogP contribution in [-0.4, -0.2) is 69.1 Å². The monoisotopic (exact) mass is 563 g/mol.